The first-order valence-corrected chi connectivity index (χ1v) is 7.56. The maximum absolute atomic E-state index is 9.06. The van der Waals surface area contributed by atoms with Crippen LogP contribution < -0.4 is 10.2 Å². The Morgan fingerprint density at radius 1 is 1.32 bits per heavy atom. The number of aliphatic hydroxyl groups is 1. The minimum atomic E-state index is 0.116. The average Bonchev–Trinajstić information content (AvgIpc) is 2.33. The van der Waals surface area contributed by atoms with Crippen molar-refractivity contribution < 1.29 is 5.11 Å². The second-order valence-corrected chi connectivity index (χ2v) is 6.54. The molecule has 1 rings (SSSR count). The smallest absolute Gasteiger partial charge is 0.0606 e. The average molecular weight is 329 g/mol. The second kappa shape index (κ2) is 7.27. The van der Waals surface area contributed by atoms with E-state index >= 15 is 0 Å². The van der Waals surface area contributed by atoms with Crippen molar-refractivity contribution in [3.05, 3.63) is 28.2 Å². The van der Waals surface area contributed by atoms with Gasteiger partial charge < -0.3 is 15.3 Å². The number of benzene rings is 1. The molecular formula is C15H25BrN2O. The van der Waals surface area contributed by atoms with E-state index < -0.39 is 0 Å². The zero-order valence-electron chi connectivity index (χ0n) is 12.3. The summed E-state index contributed by atoms with van der Waals surface area (Å²) in [5.74, 6) is 0. The minimum absolute atomic E-state index is 0.116. The summed E-state index contributed by atoms with van der Waals surface area (Å²) in [5, 5.41) is 12.5. The molecule has 3 nitrogen and oxygen atoms in total. The zero-order chi connectivity index (χ0) is 14.5. The molecule has 2 N–H and O–H groups in total. The molecule has 1 aromatic rings. The van der Waals surface area contributed by atoms with Crippen molar-refractivity contribution in [2.45, 2.75) is 39.8 Å². The molecule has 0 unspecified atom stereocenters. The van der Waals surface area contributed by atoms with Gasteiger partial charge in [-0.25, -0.2) is 0 Å². The summed E-state index contributed by atoms with van der Waals surface area (Å²) in [6, 6.07) is 6.38. The standard InChI is InChI=1S/C15H25BrN2O/c1-5-18(8-9-19)13-7-6-12(14(16)10-13)11-17-15(2,3)4/h6-7,10,17,19H,5,8-9,11H2,1-4H3. The number of nitrogens with zero attached hydrogens (tertiary/aromatic N) is 1. The Balaban J connectivity index is 2.79. The van der Waals surface area contributed by atoms with Crippen LogP contribution in [-0.4, -0.2) is 30.3 Å². The van der Waals surface area contributed by atoms with Gasteiger partial charge in [0.15, 0.2) is 0 Å². The van der Waals surface area contributed by atoms with E-state index in [4.69, 9.17) is 5.11 Å². The first-order valence-electron chi connectivity index (χ1n) is 6.76. The van der Waals surface area contributed by atoms with E-state index in [0.717, 1.165) is 23.2 Å². The number of anilines is 1. The maximum Gasteiger partial charge on any atom is 0.0606 e. The van der Waals surface area contributed by atoms with Gasteiger partial charge in [0, 0.05) is 35.3 Å². The highest BCUT2D eigenvalue weighted by atomic mass is 79.9. The number of aliphatic hydroxyl groups excluding tert-OH is 1. The molecule has 0 bridgehead atoms. The van der Waals surface area contributed by atoms with Crippen LogP contribution in [-0.2, 0) is 6.54 Å². The van der Waals surface area contributed by atoms with Crippen molar-refractivity contribution in [3.63, 3.8) is 0 Å². The summed E-state index contributed by atoms with van der Waals surface area (Å²) in [6.45, 7) is 11.2. The molecule has 0 aliphatic heterocycles. The lowest BCUT2D eigenvalue weighted by Gasteiger charge is -2.24. The van der Waals surface area contributed by atoms with Crippen molar-refractivity contribution >= 4 is 21.6 Å². The molecule has 108 valence electrons. The van der Waals surface area contributed by atoms with E-state index in [2.05, 4.69) is 72.0 Å². The van der Waals surface area contributed by atoms with E-state index in [-0.39, 0.29) is 12.1 Å². The molecule has 1 aromatic carbocycles. The summed E-state index contributed by atoms with van der Waals surface area (Å²) in [4.78, 5) is 2.16. The van der Waals surface area contributed by atoms with Crippen molar-refractivity contribution in [1.29, 1.82) is 0 Å². The quantitative estimate of drug-likeness (QED) is 0.842. The Hall–Kier alpha value is -0.580. The molecule has 0 spiro atoms. The molecule has 0 atom stereocenters. The Morgan fingerprint density at radius 3 is 2.47 bits per heavy atom. The summed E-state index contributed by atoms with van der Waals surface area (Å²) in [5.41, 5.74) is 2.51. The van der Waals surface area contributed by atoms with Gasteiger partial charge in [0.2, 0.25) is 0 Å². The van der Waals surface area contributed by atoms with Gasteiger partial charge in [-0.1, -0.05) is 22.0 Å². The van der Waals surface area contributed by atoms with Crippen LogP contribution in [0.1, 0.15) is 33.3 Å². The normalized spacial score (nSPS) is 11.7. The van der Waals surface area contributed by atoms with Crippen molar-refractivity contribution in [1.82, 2.24) is 5.32 Å². The minimum Gasteiger partial charge on any atom is -0.395 e. The molecule has 0 amide bonds. The fourth-order valence-electron chi connectivity index (χ4n) is 1.83. The van der Waals surface area contributed by atoms with Gasteiger partial charge in [-0.3, -0.25) is 0 Å². The molecule has 0 aromatic heterocycles. The number of hydrogen-bond donors (Lipinski definition) is 2. The van der Waals surface area contributed by atoms with Crippen LogP contribution in [0.5, 0.6) is 0 Å². The fourth-order valence-corrected chi connectivity index (χ4v) is 2.33. The van der Waals surface area contributed by atoms with Crippen molar-refractivity contribution in [2.24, 2.45) is 0 Å². The largest absolute Gasteiger partial charge is 0.395 e. The molecule has 19 heavy (non-hydrogen) atoms. The second-order valence-electron chi connectivity index (χ2n) is 5.68. The first kappa shape index (κ1) is 16.5. The van der Waals surface area contributed by atoms with Gasteiger partial charge >= 0.3 is 0 Å². The van der Waals surface area contributed by atoms with Crippen LogP contribution in [0, 0.1) is 0 Å². The Kier molecular flexibility index (Phi) is 6.30. The lowest BCUT2D eigenvalue weighted by molar-refractivity contribution is 0.302. The first-order chi connectivity index (χ1) is 8.87. The van der Waals surface area contributed by atoms with E-state index in [0.29, 0.717) is 6.54 Å². The fraction of sp³-hybridized carbons (Fsp3) is 0.600. The highest BCUT2D eigenvalue weighted by Crippen LogP contribution is 2.24. The van der Waals surface area contributed by atoms with Crippen LogP contribution in [0.2, 0.25) is 0 Å². The third-order valence-electron chi connectivity index (χ3n) is 2.96. The van der Waals surface area contributed by atoms with E-state index in [1.165, 1.54) is 5.56 Å². The molecule has 0 fully saturated rings. The topological polar surface area (TPSA) is 35.5 Å². The van der Waals surface area contributed by atoms with Crippen LogP contribution in [0.4, 0.5) is 5.69 Å². The summed E-state index contributed by atoms with van der Waals surface area (Å²) < 4.78 is 1.11. The zero-order valence-corrected chi connectivity index (χ0v) is 13.9. The molecule has 0 aliphatic rings. The van der Waals surface area contributed by atoms with Gasteiger partial charge in [-0.15, -0.1) is 0 Å². The monoisotopic (exact) mass is 328 g/mol. The Labute approximate surface area is 125 Å². The highest BCUT2D eigenvalue weighted by molar-refractivity contribution is 9.10. The van der Waals surface area contributed by atoms with Crippen LogP contribution in [0.25, 0.3) is 0 Å². The highest BCUT2D eigenvalue weighted by Gasteiger charge is 2.11. The van der Waals surface area contributed by atoms with Crippen molar-refractivity contribution in [3.8, 4) is 0 Å². The Bertz CT molecular complexity index is 402. The number of rotatable bonds is 6. The molecule has 0 saturated carbocycles. The molecule has 0 aliphatic carbocycles. The summed E-state index contributed by atoms with van der Waals surface area (Å²) in [6.07, 6.45) is 0. The SMILES string of the molecule is CCN(CCO)c1ccc(CNC(C)(C)C)c(Br)c1. The van der Waals surface area contributed by atoms with Crippen LogP contribution >= 0.6 is 15.9 Å². The maximum atomic E-state index is 9.06. The Morgan fingerprint density at radius 2 is 2.00 bits per heavy atom. The van der Waals surface area contributed by atoms with Gasteiger partial charge in [0.05, 0.1) is 6.61 Å². The van der Waals surface area contributed by atoms with Crippen LogP contribution in [0.15, 0.2) is 22.7 Å². The van der Waals surface area contributed by atoms with Crippen LogP contribution in [0.3, 0.4) is 0 Å². The predicted molar refractivity (Wildman–Crippen MR) is 85.7 cm³/mol. The van der Waals surface area contributed by atoms with E-state index in [1.807, 2.05) is 0 Å². The number of nitrogens with one attached hydrogen (secondary N) is 1. The van der Waals surface area contributed by atoms with Crippen molar-refractivity contribution in [2.75, 3.05) is 24.6 Å². The van der Waals surface area contributed by atoms with Gasteiger partial charge in [0.1, 0.15) is 0 Å². The van der Waals surface area contributed by atoms with Gasteiger partial charge in [-0.2, -0.15) is 0 Å². The molecule has 0 heterocycles. The third-order valence-corrected chi connectivity index (χ3v) is 3.70. The number of hydrogen-bond acceptors (Lipinski definition) is 3. The summed E-state index contributed by atoms with van der Waals surface area (Å²) >= 11 is 3.63. The lowest BCUT2D eigenvalue weighted by Crippen LogP contribution is -2.35. The molecule has 4 heteroatoms. The van der Waals surface area contributed by atoms with Gasteiger partial charge in [-0.05, 0) is 45.4 Å². The number of likely N-dealkylation sites (N-methyl/N-ethyl adjacent to an activating group) is 1. The molecular weight excluding hydrogens is 304 g/mol. The number of halogens is 1. The summed E-state index contributed by atoms with van der Waals surface area (Å²) in [7, 11) is 0. The molecule has 0 saturated heterocycles. The predicted octanol–water partition coefficient (Wildman–Crippen LogP) is 3.16. The van der Waals surface area contributed by atoms with Gasteiger partial charge in [0.25, 0.3) is 0 Å². The third kappa shape index (κ3) is 5.51. The van der Waals surface area contributed by atoms with E-state index in [1.54, 1.807) is 0 Å². The van der Waals surface area contributed by atoms with E-state index in [9.17, 15) is 0 Å². The molecule has 0 radical (unpaired) electrons. The lowest BCUT2D eigenvalue weighted by atomic mass is 10.1.